The number of rotatable bonds is 2. The van der Waals surface area contributed by atoms with Gasteiger partial charge in [-0.15, -0.1) is 0 Å². The zero-order valence-electron chi connectivity index (χ0n) is 12.9. The van der Waals surface area contributed by atoms with E-state index in [9.17, 15) is 0 Å². The van der Waals surface area contributed by atoms with Crippen LogP contribution >= 0.6 is 0 Å². The number of hydrogen-bond donors (Lipinski definition) is 0. The lowest BCUT2D eigenvalue weighted by molar-refractivity contribution is 0.158. The van der Waals surface area contributed by atoms with Gasteiger partial charge in [0.2, 0.25) is 0 Å². The van der Waals surface area contributed by atoms with Gasteiger partial charge in [-0.1, -0.05) is 12.1 Å². The number of fused-ring (bicyclic) bond motifs is 1. The van der Waals surface area contributed by atoms with Crippen molar-refractivity contribution in [1.82, 2.24) is 0 Å². The van der Waals surface area contributed by atoms with Crippen LogP contribution in [0, 0.1) is 11.3 Å². The summed E-state index contributed by atoms with van der Waals surface area (Å²) in [6, 6.07) is 15.6. The first-order valence-corrected chi connectivity index (χ1v) is 7.13. The first-order valence-electron chi connectivity index (χ1n) is 7.13. The maximum absolute atomic E-state index is 9.14. The second-order valence-electron chi connectivity index (χ2n) is 5.81. The van der Waals surface area contributed by atoms with Gasteiger partial charge in [-0.05, 0) is 61.4 Å². The number of benzene rings is 2. The molecule has 3 nitrogen and oxygen atoms in total. The normalized spacial score (nSPS) is 15.1. The Morgan fingerprint density at radius 3 is 2.45 bits per heavy atom. The van der Waals surface area contributed by atoms with E-state index in [4.69, 9.17) is 14.7 Å². The predicted molar refractivity (Wildman–Crippen MR) is 85.9 cm³/mol. The molecular formula is C19H17NO2. The lowest BCUT2D eigenvalue weighted by atomic mass is 9.89. The number of nitrogens with zero attached hydrogens (tertiary/aromatic N) is 1. The van der Waals surface area contributed by atoms with E-state index in [0.717, 1.165) is 28.2 Å². The molecule has 0 radical (unpaired) electrons. The zero-order valence-corrected chi connectivity index (χ0v) is 12.9. The molecule has 0 saturated carbocycles. The van der Waals surface area contributed by atoms with Gasteiger partial charge in [0.25, 0.3) is 0 Å². The van der Waals surface area contributed by atoms with E-state index < -0.39 is 5.60 Å². The lowest BCUT2D eigenvalue weighted by Crippen LogP contribution is -2.29. The summed E-state index contributed by atoms with van der Waals surface area (Å²) in [5.74, 6) is 1.62. The molecular weight excluding hydrogens is 274 g/mol. The molecule has 22 heavy (non-hydrogen) atoms. The fourth-order valence-corrected chi connectivity index (χ4v) is 2.65. The smallest absolute Gasteiger partial charge is 0.128 e. The van der Waals surface area contributed by atoms with Crippen LogP contribution in [0.4, 0.5) is 0 Å². The van der Waals surface area contributed by atoms with Crippen LogP contribution in [0.1, 0.15) is 30.5 Å². The third-order valence-corrected chi connectivity index (χ3v) is 3.66. The quantitative estimate of drug-likeness (QED) is 0.834. The molecule has 3 heteroatoms. The van der Waals surface area contributed by atoms with Crippen molar-refractivity contribution in [3.63, 3.8) is 0 Å². The van der Waals surface area contributed by atoms with Gasteiger partial charge in [0, 0.05) is 5.56 Å². The topological polar surface area (TPSA) is 42.2 Å². The van der Waals surface area contributed by atoms with Crippen molar-refractivity contribution in [3.8, 4) is 17.6 Å². The van der Waals surface area contributed by atoms with Crippen LogP contribution in [0.3, 0.4) is 0 Å². The van der Waals surface area contributed by atoms with Crippen molar-refractivity contribution in [2.75, 3.05) is 7.11 Å². The van der Waals surface area contributed by atoms with Gasteiger partial charge >= 0.3 is 0 Å². The molecule has 0 fully saturated rings. The van der Waals surface area contributed by atoms with Crippen LogP contribution in [-0.2, 0) is 0 Å². The predicted octanol–water partition coefficient (Wildman–Crippen LogP) is 4.17. The highest BCUT2D eigenvalue weighted by Gasteiger charge is 2.27. The van der Waals surface area contributed by atoms with Crippen LogP contribution in [0.25, 0.3) is 5.57 Å². The van der Waals surface area contributed by atoms with Gasteiger partial charge < -0.3 is 9.47 Å². The minimum absolute atomic E-state index is 0.392. The van der Waals surface area contributed by atoms with Crippen LogP contribution in [0.5, 0.6) is 11.5 Å². The monoisotopic (exact) mass is 291 g/mol. The summed E-state index contributed by atoms with van der Waals surface area (Å²) in [4.78, 5) is 0. The van der Waals surface area contributed by atoms with Crippen molar-refractivity contribution in [1.29, 1.82) is 5.26 Å². The molecule has 2 aromatic rings. The molecule has 0 atom stereocenters. The van der Waals surface area contributed by atoms with Crippen molar-refractivity contribution in [2.45, 2.75) is 19.4 Å². The Balaban J connectivity index is 2.15. The maximum atomic E-state index is 9.14. The van der Waals surface area contributed by atoms with E-state index in [2.05, 4.69) is 12.1 Å². The molecule has 1 aliphatic rings. The first-order chi connectivity index (χ1) is 10.5. The van der Waals surface area contributed by atoms with Gasteiger partial charge in [-0.25, -0.2) is 0 Å². The minimum atomic E-state index is -0.392. The largest absolute Gasteiger partial charge is 0.497 e. The van der Waals surface area contributed by atoms with Gasteiger partial charge in [-0.2, -0.15) is 5.26 Å². The SMILES string of the molecule is COc1ccc(C2=CC(C)(C)Oc3ccc(C#N)cc32)cc1. The van der Waals surface area contributed by atoms with Gasteiger partial charge in [-0.3, -0.25) is 0 Å². The summed E-state index contributed by atoms with van der Waals surface area (Å²) in [5, 5.41) is 9.14. The standard InChI is InChI=1S/C19H17NO2/c1-19(2)11-17(14-5-7-15(21-3)8-6-14)16-10-13(12-20)4-9-18(16)22-19/h4-11H,1-3H3. The number of nitriles is 1. The highest BCUT2D eigenvalue weighted by Crippen LogP contribution is 2.40. The van der Waals surface area contributed by atoms with Crippen LogP contribution in [-0.4, -0.2) is 12.7 Å². The fourth-order valence-electron chi connectivity index (χ4n) is 2.65. The summed E-state index contributed by atoms with van der Waals surface area (Å²) < 4.78 is 11.2. The van der Waals surface area contributed by atoms with Crippen LogP contribution < -0.4 is 9.47 Å². The molecule has 1 aliphatic heterocycles. The first kappa shape index (κ1) is 14.2. The number of ether oxygens (including phenoxy) is 2. The summed E-state index contributed by atoms with van der Waals surface area (Å²) >= 11 is 0. The van der Waals surface area contributed by atoms with Gasteiger partial charge in [0.15, 0.2) is 0 Å². The molecule has 0 unspecified atom stereocenters. The molecule has 0 amide bonds. The Bertz CT molecular complexity index is 780. The van der Waals surface area contributed by atoms with E-state index in [0.29, 0.717) is 5.56 Å². The Hall–Kier alpha value is -2.73. The molecule has 0 bridgehead atoms. The minimum Gasteiger partial charge on any atom is -0.497 e. The summed E-state index contributed by atoms with van der Waals surface area (Å²) in [7, 11) is 1.65. The highest BCUT2D eigenvalue weighted by molar-refractivity contribution is 5.85. The van der Waals surface area contributed by atoms with E-state index in [1.54, 1.807) is 13.2 Å². The third kappa shape index (κ3) is 2.56. The van der Waals surface area contributed by atoms with Gasteiger partial charge in [0.1, 0.15) is 17.1 Å². The van der Waals surface area contributed by atoms with Gasteiger partial charge in [0.05, 0.1) is 18.7 Å². The Morgan fingerprint density at radius 2 is 1.82 bits per heavy atom. The summed E-state index contributed by atoms with van der Waals surface area (Å²) in [6.07, 6.45) is 2.10. The molecule has 2 aromatic carbocycles. The van der Waals surface area contributed by atoms with Crippen LogP contribution in [0.2, 0.25) is 0 Å². The van der Waals surface area contributed by atoms with E-state index >= 15 is 0 Å². The van der Waals surface area contributed by atoms with Crippen molar-refractivity contribution in [2.24, 2.45) is 0 Å². The Kier molecular flexibility index (Phi) is 3.38. The molecule has 0 aromatic heterocycles. The average molecular weight is 291 g/mol. The Labute approximate surface area is 130 Å². The lowest BCUT2D eigenvalue weighted by Gasteiger charge is -2.31. The zero-order chi connectivity index (χ0) is 15.7. The molecule has 0 saturated heterocycles. The van der Waals surface area contributed by atoms with E-state index in [1.165, 1.54) is 0 Å². The molecule has 0 N–H and O–H groups in total. The third-order valence-electron chi connectivity index (χ3n) is 3.66. The molecule has 3 rings (SSSR count). The average Bonchev–Trinajstić information content (AvgIpc) is 2.53. The second-order valence-corrected chi connectivity index (χ2v) is 5.81. The summed E-state index contributed by atoms with van der Waals surface area (Å²) in [5.41, 5.74) is 3.33. The number of hydrogen-bond acceptors (Lipinski definition) is 3. The van der Waals surface area contributed by atoms with Crippen molar-refractivity contribution in [3.05, 3.63) is 65.2 Å². The molecule has 0 aliphatic carbocycles. The van der Waals surface area contributed by atoms with Crippen LogP contribution in [0.15, 0.2) is 48.5 Å². The Morgan fingerprint density at radius 1 is 1.09 bits per heavy atom. The van der Waals surface area contributed by atoms with E-state index in [1.807, 2.05) is 50.2 Å². The second kappa shape index (κ2) is 5.23. The van der Waals surface area contributed by atoms with E-state index in [-0.39, 0.29) is 0 Å². The van der Waals surface area contributed by atoms with Crippen molar-refractivity contribution >= 4 is 5.57 Å². The molecule has 0 spiro atoms. The fraction of sp³-hybridized carbons (Fsp3) is 0.211. The molecule has 110 valence electrons. The summed E-state index contributed by atoms with van der Waals surface area (Å²) in [6.45, 7) is 4.05. The number of methoxy groups -OCH3 is 1. The van der Waals surface area contributed by atoms with Crippen molar-refractivity contribution < 1.29 is 9.47 Å². The molecule has 1 heterocycles. The maximum Gasteiger partial charge on any atom is 0.128 e. The highest BCUT2D eigenvalue weighted by atomic mass is 16.5.